The fraction of sp³-hybridized carbons (Fsp3) is 0.278. The van der Waals surface area contributed by atoms with Crippen LogP contribution in [0, 0.1) is 13.8 Å². The quantitative estimate of drug-likeness (QED) is 0.705. The Bertz CT molecular complexity index is 869. The average molecular weight is 324 g/mol. The summed E-state index contributed by atoms with van der Waals surface area (Å²) in [5, 5.41) is 10.5. The molecule has 0 spiro atoms. The summed E-state index contributed by atoms with van der Waals surface area (Å²) in [6.07, 6.45) is 0. The van der Waals surface area contributed by atoms with Crippen molar-refractivity contribution in [2.24, 2.45) is 0 Å². The van der Waals surface area contributed by atoms with Crippen LogP contribution < -0.4 is 10.6 Å². The summed E-state index contributed by atoms with van der Waals surface area (Å²) >= 11 is 0. The largest absolute Gasteiger partial charge is 0.351 e. The molecular formula is C18H20N4O2. The molecule has 0 bridgehead atoms. The topological polar surface area (TPSA) is 80.0 Å². The van der Waals surface area contributed by atoms with E-state index >= 15 is 0 Å². The number of hydrogen-bond donors (Lipinski definition) is 2. The van der Waals surface area contributed by atoms with Crippen LogP contribution in [0.1, 0.15) is 21.6 Å². The molecule has 2 N–H and O–H groups in total. The van der Waals surface area contributed by atoms with Gasteiger partial charge in [0.15, 0.2) is 0 Å². The first-order valence-electron chi connectivity index (χ1n) is 7.87. The molecule has 24 heavy (non-hydrogen) atoms. The Morgan fingerprint density at radius 2 is 1.92 bits per heavy atom. The zero-order chi connectivity index (χ0) is 17.1. The SMILES string of the molecule is CNCCNC(=O)c1cc(-c2ccc(C)cc2)nc2onc(C)c12. The third-order valence-electron chi connectivity index (χ3n) is 3.87. The third-order valence-corrected chi connectivity index (χ3v) is 3.87. The van der Waals surface area contributed by atoms with E-state index in [2.05, 4.69) is 20.8 Å². The smallest absolute Gasteiger partial charge is 0.259 e. The molecule has 0 radical (unpaired) electrons. The number of amides is 1. The molecule has 6 heteroatoms. The van der Waals surface area contributed by atoms with E-state index in [4.69, 9.17) is 4.52 Å². The van der Waals surface area contributed by atoms with Crippen molar-refractivity contribution in [2.75, 3.05) is 20.1 Å². The first-order chi connectivity index (χ1) is 11.6. The number of carbonyl (C=O) groups excluding carboxylic acids is 1. The van der Waals surface area contributed by atoms with Crippen LogP contribution in [-0.4, -0.2) is 36.2 Å². The lowest BCUT2D eigenvalue weighted by atomic mass is 10.0. The normalized spacial score (nSPS) is 11.0. The lowest BCUT2D eigenvalue weighted by molar-refractivity contribution is 0.0955. The Balaban J connectivity index is 2.06. The summed E-state index contributed by atoms with van der Waals surface area (Å²) in [5.74, 6) is -0.155. The average Bonchev–Trinajstić information content (AvgIpc) is 2.96. The van der Waals surface area contributed by atoms with Gasteiger partial charge in [0.2, 0.25) is 0 Å². The van der Waals surface area contributed by atoms with E-state index in [0.717, 1.165) is 5.56 Å². The minimum absolute atomic E-state index is 0.155. The number of likely N-dealkylation sites (N-methyl/N-ethyl adjacent to an activating group) is 1. The van der Waals surface area contributed by atoms with Gasteiger partial charge in [0.05, 0.1) is 22.3 Å². The van der Waals surface area contributed by atoms with E-state index in [0.29, 0.717) is 41.1 Å². The molecule has 0 unspecified atom stereocenters. The van der Waals surface area contributed by atoms with Gasteiger partial charge in [0.1, 0.15) is 0 Å². The van der Waals surface area contributed by atoms with Crippen LogP contribution in [0.4, 0.5) is 0 Å². The molecular weight excluding hydrogens is 304 g/mol. The summed E-state index contributed by atoms with van der Waals surface area (Å²) in [6, 6.07) is 9.79. The zero-order valence-corrected chi connectivity index (χ0v) is 14.0. The molecule has 3 aromatic rings. The van der Waals surface area contributed by atoms with Gasteiger partial charge in [-0.25, -0.2) is 4.98 Å². The van der Waals surface area contributed by atoms with E-state index in [1.807, 2.05) is 45.2 Å². The lowest BCUT2D eigenvalue weighted by Gasteiger charge is -2.08. The second-order valence-electron chi connectivity index (χ2n) is 5.73. The lowest BCUT2D eigenvalue weighted by Crippen LogP contribution is -2.30. The summed E-state index contributed by atoms with van der Waals surface area (Å²) in [7, 11) is 1.84. The van der Waals surface area contributed by atoms with E-state index in [1.54, 1.807) is 6.07 Å². The number of nitrogens with zero attached hydrogens (tertiary/aromatic N) is 2. The van der Waals surface area contributed by atoms with Crippen LogP contribution in [0.25, 0.3) is 22.4 Å². The van der Waals surface area contributed by atoms with Crippen molar-refractivity contribution in [1.82, 2.24) is 20.8 Å². The molecule has 0 atom stereocenters. The second-order valence-corrected chi connectivity index (χ2v) is 5.73. The van der Waals surface area contributed by atoms with Gasteiger partial charge >= 0.3 is 0 Å². The standard InChI is InChI=1S/C18H20N4O2/c1-11-4-6-13(7-5-11)15-10-14(17(23)20-9-8-19-3)16-12(2)22-24-18(16)21-15/h4-7,10,19H,8-9H2,1-3H3,(H,20,23). The van der Waals surface area contributed by atoms with Crippen molar-refractivity contribution >= 4 is 17.0 Å². The maximum absolute atomic E-state index is 12.6. The molecule has 0 saturated carbocycles. The monoisotopic (exact) mass is 324 g/mol. The van der Waals surface area contributed by atoms with Crippen molar-refractivity contribution in [1.29, 1.82) is 0 Å². The molecule has 0 saturated heterocycles. The maximum atomic E-state index is 12.6. The highest BCUT2D eigenvalue weighted by Crippen LogP contribution is 2.27. The number of aromatic nitrogens is 2. The molecule has 1 aromatic carbocycles. The van der Waals surface area contributed by atoms with Gasteiger partial charge in [-0.05, 0) is 27.0 Å². The second kappa shape index (κ2) is 6.80. The van der Waals surface area contributed by atoms with E-state index < -0.39 is 0 Å². The van der Waals surface area contributed by atoms with Gasteiger partial charge in [0, 0.05) is 18.7 Å². The van der Waals surface area contributed by atoms with Crippen LogP contribution in [0.2, 0.25) is 0 Å². The molecule has 3 rings (SSSR count). The number of fused-ring (bicyclic) bond motifs is 1. The Morgan fingerprint density at radius 1 is 1.17 bits per heavy atom. The Labute approximate surface area is 140 Å². The molecule has 2 heterocycles. The summed E-state index contributed by atoms with van der Waals surface area (Å²) in [6.45, 7) is 5.08. The minimum atomic E-state index is -0.155. The fourth-order valence-electron chi connectivity index (χ4n) is 2.54. The molecule has 0 fully saturated rings. The predicted octanol–water partition coefficient (Wildman–Crippen LogP) is 2.46. The van der Waals surface area contributed by atoms with Crippen molar-refractivity contribution in [3.05, 3.63) is 47.2 Å². The number of aryl methyl sites for hydroxylation is 2. The zero-order valence-electron chi connectivity index (χ0n) is 14.0. The molecule has 1 amide bonds. The highest BCUT2D eigenvalue weighted by atomic mass is 16.5. The minimum Gasteiger partial charge on any atom is -0.351 e. The highest BCUT2D eigenvalue weighted by Gasteiger charge is 2.19. The van der Waals surface area contributed by atoms with Crippen molar-refractivity contribution in [2.45, 2.75) is 13.8 Å². The number of rotatable bonds is 5. The molecule has 0 aliphatic heterocycles. The first-order valence-corrected chi connectivity index (χ1v) is 7.87. The predicted molar refractivity (Wildman–Crippen MR) is 93.0 cm³/mol. The van der Waals surface area contributed by atoms with Crippen LogP contribution in [0.15, 0.2) is 34.9 Å². The molecule has 124 valence electrons. The molecule has 0 aliphatic carbocycles. The van der Waals surface area contributed by atoms with Crippen LogP contribution in [-0.2, 0) is 0 Å². The number of nitrogens with one attached hydrogen (secondary N) is 2. The van der Waals surface area contributed by atoms with Gasteiger partial charge < -0.3 is 15.2 Å². The summed E-state index contributed by atoms with van der Waals surface area (Å²) < 4.78 is 5.30. The third kappa shape index (κ3) is 3.14. The van der Waals surface area contributed by atoms with Crippen LogP contribution >= 0.6 is 0 Å². The van der Waals surface area contributed by atoms with E-state index in [1.165, 1.54) is 5.56 Å². The van der Waals surface area contributed by atoms with Crippen LogP contribution in [0.5, 0.6) is 0 Å². The van der Waals surface area contributed by atoms with Gasteiger partial charge in [0.25, 0.3) is 11.6 Å². The molecule has 6 nitrogen and oxygen atoms in total. The van der Waals surface area contributed by atoms with Gasteiger partial charge in [-0.2, -0.15) is 0 Å². The molecule has 0 aliphatic rings. The van der Waals surface area contributed by atoms with Crippen LogP contribution in [0.3, 0.4) is 0 Å². The maximum Gasteiger partial charge on any atom is 0.259 e. The Hall–Kier alpha value is -2.73. The van der Waals surface area contributed by atoms with Crippen molar-refractivity contribution in [3.8, 4) is 11.3 Å². The number of pyridine rings is 1. The number of carbonyl (C=O) groups is 1. The van der Waals surface area contributed by atoms with Gasteiger partial charge in [-0.15, -0.1) is 0 Å². The Morgan fingerprint density at radius 3 is 2.62 bits per heavy atom. The van der Waals surface area contributed by atoms with Crippen molar-refractivity contribution in [3.63, 3.8) is 0 Å². The summed E-state index contributed by atoms with van der Waals surface area (Å²) in [5.41, 5.74) is 4.36. The molecule has 2 aromatic heterocycles. The summed E-state index contributed by atoms with van der Waals surface area (Å²) in [4.78, 5) is 17.1. The van der Waals surface area contributed by atoms with E-state index in [9.17, 15) is 4.79 Å². The van der Waals surface area contributed by atoms with Gasteiger partial charge in [-0.1, -0.05) is 35.0 Å². The van der Waals surface area contributed by atoms with Gasteiger partial charge in [-0.3, -0.25) is 4.79 Å². The van der Waals surface area contributed by atoms with E-state index in [-0.39, 0.29) is 5.91 Å². The first kappa shape index (κ1) is 16.1. The Kier molecular flexibility index (Phi) is 4.57. The highest BCUT2D eigenvalue weighted by molar-refractivity contribution is 6.06. The number of benzene rings is 1. The number of hydrogen-bond acceptors (Lipinski definition) is 5. The van der Waals surface area contributed by atoms with Crippen molar-refractivity contribution < 1.29 is 9.32 Å². The fourth-order valence-corrected chi connectivity index (χ4v) is 2.54.